The van der Waals surface area contributed by atoms with Crippen molar-refractivity contribution in [3.05, 3.63) is 153 Å². The van der Waals surface area contributed by atoms with Crippen molar-refractivity contribution in [2.24, 2.45) is 0 Å². The van der Waals surface area contributed by atoms with Crippen LogP contribution in [0.1, 0.15) is 85.0 Å². The summed E-state index contributed by atoms with van der Waals surface area (Å²) in [6.07, 6.45) is -7.60. The smallest absolute Gasteiger partial charge is 0.333 e. The van der Waals surface area contributed by atoms with Gasteiger partial charge in [0.25, 0.3) is 11.8 Å². The molecule has 0 fully saturated rings. The average Bonchev–Trinajstić information content (AvgIpc) is 3.85. The van der Waals surface area contributed by atoms with Gasteiger partial charge in [-0.1, -0.05) is 50.2 Å². The fraction of sp³-hybridized carbons (Fsp3) is 0.358. The highest BCUT2D eigenvalue weighted by Crippen LogP contribution is 2.46. The van der Waals surface area contributed by atoms with Crippen molar-refractivity contribution in [3.63, 3.8) is 0 Å². The third-order valence-electron chi connectivity index (χ3n) is 13.4. The number of nitrogens with zero attached hydrogens (tertiary/aromatic N) is 9. The quantitative estimate of drug-likeness (QED) is 0.102. The highest BCUT2D eigenvalue weighted by Gasteiger charge is 2.50. The highest BCUT2D eigenvalue weighted by molar-refractivity contribution is 6.08. The topological polar surface area (TPSA) is 139 Å². The SMILES string of the molecule is CCCN1CC2=C(C1=O)[C@@H](c1ccc(C#N)cc1)N(CCCN(C)CCCN1C(=O)N(c3cccc(C(F)(F)F)c3)C3=C(C(=O)N(CCC)C3)[C@H]1c1ccc(C#N)cc1)C(=O)N2c1cccc(C(F)(F)F)c1. The number of hydrogen-bond acceptors (Lipinski definition) is 7. The van der Waals surface area contributed by atoms with E-state index in [1.807, 2.05) is 25.8 Å². The predicted molar refractivity (Wildman–Crippen MR) is 254 cm³/mol. The minimum Gasteiger partial charge on any atom is -0.333 e. The second-order valence-electron chi connectivity index (χ2n) is 18.2. The van der Waals surface area contributed by atoms with Crippen LogP contribution in [-0.4, -0.2) is 108 Å². The molecule has 4 heterocycles. The molecule has 6 amide bonds. The Bertz CT molecular complexity index is 2710. The molecule has 0 unspecified atom stereocenters. The van der Waals surface area contributed by atoms with E-state index in [-0.39, 0.29) is 71.9 Å². The molecule has 72 heavy (non-hydrogen) atoms. The number of nitriles is 2. The molecule has 0 radical (unpaired) electrons. The Hall–Kier alpha value is -7.64. The zero-order valence-electron chi connectivity index (χ0n) is 39.8. The van der Waals surface area contributed by atoms with E-state index < -0.39 is 47.6 Å². The van der Waals surface area contributed by atoms with E-state index in [0.29, 0.717) is 74.1 Å². The number of alkyl halides is 6. The minimum absolute atomic E-state index is 0.000358. The highest BCUT2D eigenvalue weighted by atomic mass is 19.4. The number of carbonyl (C=O) groups is 4. The lowest BCUT2D eigenvalue weighted by atomic mass is 9.92. The van der Waals surface area contributed by atoms with Crippen molar-refractivity contribution in [3.8, 4) is 12.1 Å². The summed E-state index contributed by atoms with van der Waals surface area (Å²) in [6.45, 7) is 5.27. The molecule has 0 aliphatic carbocycles. The number of carbonyl (C=O) groups excluding carboxylic acids is 4. The molecule has 4 aromatic rings. The monoisotopic (exact) mass is 991 g/mol. The maximum Gasteiger partial charge on any atom is 0.416 e. The Labute approximate surface area is 413 Å². The molecule has 0 saturated carbocycles. The first-order valence-electron chi connectivity index (χ1n) is 23.7. The van der Waals surface area contributed by atoms with Crippen molar-refractivity contribution in [2.45, 2.75) is 64.0 Å². The molecule has 19 heteroatoms. The van der Waals surface area contributed by atoms with Crippen LogP contribution in [0, 0.1) is 22.7 Å². The number of rotatable bonds is 16. The summed E-state index contributed by atoms with van der Waals surface area (Å²) < 4.78 is 84.4. The van der Waals surface area contributed by atoms with E-state index in [1.54, 1.807) is 58.3 Å². The third-order valence-corrected chi connectivity index (χ3v) is 13.4. The van der Waals surface area contributed by atoms with E-state index in [0.717, 1.165) is 24.3 Å². The van der Waals surface area contributed by atoms with Crippen LogP contribution in [0.4, 0.5) is 47.3 Å². The Morgan fingerprint density at radius 2 is 0.944 bits per heavy atom. The zero-order valence-corrected chi connectivity index (χ0v) is 39.8. The van der Waals surface area contributed by atoms with Gasteiger partial charge in [-0.15, -0.1) is 0 Å². The van der Waals surface area contributed by atoms with Gasteiger partial charge in [0.2, 0.25) is 0 Å². The van der Waals surface area contributed by atoms with Crippen LogP contribution in [0.25, 0.3) is 0 Å². The lowest BCUT2D eigenvalue weighted by Crippen LogP contribution is -2.51. The van der Waals surface area contributed by atoms with Gasteiger partial charge in [0, 0.05) is 26.2 Å². The Morgan fingerprint density at radius 1 is 0.569 bits per heavy atom. The van der Waals surface area contributed by atoms with Crippen molar-refractivity contribution in [1.29, 1.82) is 10.5 Å². The lowest BCUT2D eigenvalue weighted by Gasteiger charge is -2.42. The number of anilines is 2. The summed E-state index contributed by atoms with van der Waals surface area (Å²) in [5.74, 6) is -0.711. The van der Waals surface area contributed by atoms with Crippen LogP contribution in [0.5, 0.6) is 0 Å². The van der Waals surface area contributed by atoms with Crippen molar-refractivity contribution in [1.82, 2.24) is 24.5 Å². The Balaban J connectivity index is 1.06. The minimum atomic E-state index is -4.71. The van der Waals surface area contributed by atoms with E-state index in [4.69, 9.17) is 0 Å². The summed E-state index contributed by atoms with van der Waals surface area (Å²) in [7, 11) is 1.82. The van der Waals surface area contributed by atoms with Gasteiger partial charge in [-0.3, -0.25) is 19.4 Å². The van der Waals surface area contributed by atoms with Crippen LogP contribution in [0.3, 0.4) is 0 Å². The maximum atomic E-state index is 14.9. The molecular formula is C53H51F6N9O4. The third kappa shape index (κ3) is 9.85. The van der Waals surface area contributed by atoms with Crippen molar-refractivity contribution < 1.29 is 45.5 Å². The van der Waals surface area contributed by atoms with Crippen LogP contribution < -0.4 is 9.80 Å². The second kappa shape index (κ2) is 20.6. The molecular weight excluding hydrogens is 941 g/mol. The molecule has 4 aliphatic heterocycles. The summed E-state index contributed by atoms with van der Waals surface area (Å²) in [5.41, 5.74) is 0.804. The summed E-state index contributed by atoms with van der Waals surface area (Å²) in [4.78, 5) is 68.9. The molecule has 13 nitrogen and oxygen atoms in total. The van der Waals surface area contributed by atoms with Gasteiger partial charge >= 0.3 is 24.4 Å². The normalized spacial score (nSPS) is 18.4. The van der Waals surface area contributed by atoms with E-state index >= 15 is 0 Å². The van der Waals surface area contributed by atoms with Crippen LogP contribution in [-0.2, 0) is 21.9 Å². The molecule has 8 rings (SSSR count). The van der Waals surface area contributed by atoms with Gasteiger partial charge < -0.3 is 24.5 Å². The Morgan fingerprint density at radius 3 is 1.28 bits per heavy atom. The van der Waals surface area contributed by atoms with Gasteiger partial charge in [0.15, 0.2) is 0 Å². The van der Waals surface area contributed by atoms with E-state index in [1.165, 1.54) is 43.9 Å². The molecule has 4 aromatic carbocycles. The first-order chi connectivity index (χ1) is 34.4. The molecule has 0 N–H and O–H groups in total. The van der Waals surface area contributed by atoms with Gasteiger partial charge in [0.05, 0.1) is 93.5 Å². The Kier molecular flexibility index (Phi) is 14.5. The first-order valence-corrected chi connectivity index (χ1v) is 23.7. The molecule has 374 valence electrons. The molecule has 0 spiro atoms. The standard InChI is InChI=1S/C53H51F6N9O4/c1-4-22-63-32-42-44(48(63)69)46(36-18-14-34(30-60)15-19-36)65(50(71)67(42)40-12-6-10-38(28-40)52(54,55)56)26-8-24-62(3)25-9-27-66-47(37-20-16-35(31-61)17-21-37)45-43(33-64(23-5-2)49(45)70)68(51(66)72)41-13-7-11-39(29-41)53(57,58)59/h6-7,10-21,28-29,46-47H,4-5,8-9,22-27,32-33H2,1-3H3/t46-,47-/m1/s1. The second-order valence-corrected chi connectivity index (χ2v) is 18.2. The number of halogens is 6. The fourth-order valence-corrected chi connectivity index (χ4v) is 10.0. The summed E-state index contributed by atoms with van der Waals surface area (Å²) in [5, 5.41) is 19.1. The molecule has 0 aromatic heterocycles. The van der Waals surface area contributed by atoms with Gasteiger partial charge in [-0.25, -0.2) is 9.59 Å². The first kappa shape index (κ1) is 50.7. The largest absolute Gasteiger partial charge is 0.416 e. The maximum absolute atomic E-state index is 14.9. The van der Waals surface area contributed by atoms with Gasteiger partial charge in [-0.05, 0) is 118 Å². The van der Waals surface area contributed by atoms with Crippen LogP contribution in [0.2, 0.25) is 0 Å². The van der Waals surface area contributed by atoms with Crippen LogP contribution in [0.15, 0.2) is 120 Å². The van der Waals surface area contributed by atoms with E-state index in [9.17, 15) is 56.0 Å². The average molecular weight is 992 g/mol. The number of benzene rings is 4. The zero-order chi connectivity index (χ0) is 51.6. The van der Waals surface area contributed by atoms with Crippen molar-refractivity contribution in [2.75, 3.05) is 69.2 Å². The number of hydrogen-bond donors (Lipinski definition) is 0. The molecule has 2 atom stereocenters. The van der Waals surface area contributed by atoms with Crippen molar-refractivity contribution >= 4 is 35.3 Å². The molecule has 0 saturated heterocycles. The molecule has 0 bridgehead atoms. The van der Waals surface area contributed by atoms with Gasteiger partial charge in [0.1, 0.15) is 0 Å². The van der Waals surface area contributed by atoms with Gasteiger partial charge in [-0.2, -0.15) is 36.9 Å². The summed E-state index contributed by atoms with van der Waals surface area (Å²) in [6, 6.07) is 22.8. The fourth-order valence-electron chi connectivity index (χ4n) is 10.0. The predicted octanol–water partition coefficient (Wildman–Crippen LogP) is 9.86. The van der Waals surface area contributed by atoms with Crippen LogP contribution >= 0.6 is 0 Å². The summed E-state index contributed by atoms with van der Waals surface area (Å²) >= 11 is 0. The molecule has 4 aliphatic rings. The lowest BCUT2D eigenvalue weighted by molar-refractivity contribution is -0.138. The number of urea groups is 2. The number of amides is 6. The van der Waals surface area contributed by atoms with E-state index in [2.05, 4.69) is 12.1 Å².